The van der Waals surface area contributed by atoms with Crippen LogP contribution in [0.1, 0.15) is 0 Å². The Bertz CT molecular complexity index is 441. The molecule has 2 N–H and O–H groups in total. The Morgan fingerprint density at radius 3 is 2.22 bits per heavy atom. The summed E-state index contributed by atoms with van der Waals surface area (Å²) in [6, 6.07) is -1.24. The van der Waals surface area contributed by atoms with Crippen molar-refractivity contribution in [2.75, 3.05) is 13.7 Å². The SMILES string of the molecule is CNC(COc1c(F)c(F)cc(F)c1F)C(=O)O. The van der Waals surface area contributed by atoms with E-state index >= 15 is 0 Å². The summed E-state index contributed by atoms with van der Waals surface area (Å²) in [5, 5.41) is 10.9. The fourth-order valence-electron chi connectivity index (χ4n) is 1.12. The van der Waals surface area contributed by atoms with E-state index in [9.17, 15) is 22.4 Å². The standard InChI is InChI=1S/C10H9F4NO3/c1-15-6(10(16)17)3-18-9-7(13)4(11)2-5(12)8(9)14/h2,6,15H,3H2,1H3,(H,16,17). The van der Waals surface area contributed by atoms with Gasteiger partial charge in [0, 0.05) is 6.07 Å². The smallest absolute Gasteiger partial charge is 0.324 e. The van der Waals surface area contributed by atoms with Crippen molar-refractivity contribution in [3.63, 3.8) is 0 Å². The van der Waals surface area contributed by atoms with Gasteiger partial charge in [0.25, 0.3) is 0 Å². The van der Waals surface area contributed by atoms with Crippen molar-refractivity contribution >= 4 is 5.97 Å². The largest absolute Gasteiger partial charge is 0.485 e. The van der Waals surface area contributed by atoms with Gasteiger partial charge in [0.15, 0.2) is 17.4 Å². The summed E-state index contributed by atoms with van der Waals surface area (Å²) in [6.45, 7) is -0.692. The Balaban J connectivity index is 2.94. The van der Waals surface area contributed by atoms with Crippen LogP contribution < -0.4 is 10.1 Å². The molecule has 100 valence electrons. The zero-order chi connectivity index (χ0) is 13.9. The lowest BCUT2D eigenvalue weighted by Crippen LogP contribution is -2.39. The van der Waals surface area contributed by atoms with Gasteiger partial charge in [-0.05, 0) is 7.05 Å². The van der Waals surface area contributed by atoms with E-state index in [-0.39, 0.29) is 6.07 Å². The molecule has 1 aromatic rings. The Hall–Kier alpha value is -1.83. The summed E-state index contributed by atoms with van der Waals surface area (Å²) in [5.41, 5.74) is 0. The summed E-state index contributed by atoms with van der Waals surface area (Å²) in [5.74, 6) is -9.30. The summed E-state index contributed by atoms with van der Waals surface area (Å²) < 4.78 is 56.3. The van der Waals surface area contributed by atoms with Crippen molar-refractivity contribution < 1.29 is 32.2 Å². The van der Waals surface area contributed by atoms with E-state index in [1.807, 2.05) is 0 Å². The molecule has 0 heterocycles. The maximum atomic E-state index is 13.1. The first-order valence-electron chi connectivity index (χ1n) is 4.74. The van der Waals surface area contributed by atoms with E-state index in [0.717, 1.165) is 0 Å². The first kappa shape index (κ1) is 14.2. The summed E-state index contributed by atoms with van der Waals surface area (Å²) in [4.78, 5) is 10.6. The first-order valence-corrected chi connectivity index (χ1v) is 4.74. The number of nitrogens with one attached hydrogen (secondary N) is 1. The minimum absolute atomic E-state index is 0.0320. The number of halogens is 4. The van der Waals surface area contributed by atoms with Gasteiger partial charge in [-0.2, -0.15) is 8.78 Å². The predicted molar refractivity (Wildman–Crippen MR) is 52.3 cm³/mol. The maximum Gasteiger partial charge on any atom is 0.324 e. The number of rotatable bonds is 5. The molecule has 0 saturated carbocycles. The highest BCUT2D eigenvalue weighted by Gasteiger charge is 2.23. The minimum atomic E-state index is -1.71. The lowest BCUT2D eigenvalue weighted by Gasteiger charge is -2.14. The molecule has 1 rings (SSSR count). The van der Waals surface area contributed by atoms with Crippen molar-refractivity contribution in [3.05, 3.63) is 29.3 Å². The van der Waals surface area contributed by atoms with Gasteiger partial charge in [0.05, 0.1) is 0 Å². The van der Waals surface area contributed by atoms with Gasteiger partial charge in [-0.1, -0.05) is 0 Å². The lowest BCUT2D eigenvalue weighted by atomic mass is 10.3. The van der Waals surface area contributed by atoms with Crippen LogP contribution in [0.25, 0.3) is 0 Å². The molecule has 0 amide bonds. The van der Waals surface area contributed by atoms with Gasteiger partial charge in [0.2, 0.25) is 11.6 Å². The van der Waals surface area contributed by atoms with Crippen LogP contribution in [0, 0.1) is 23.3 Å². The monoisotopic (exact) mass is 267 g/mol. The van der Waals surface area contributed by atoms with Crippen LogP contribution in [0.3, 0.4) is 0 Å². The first-order chi connectivity index (χ1) is 8.38. The molecule has 18 heavy (non-hydrogen) atoms. The van der Waals surface area contributed by atoms with Gasteiger partial charge in [0.1, 0.15) is 12.6 Å². The van der Waals surface area contributed by atoms with Crippen molar-refractivity contribution in [1.82, 2.24) is 5.32 Å². The van der Waals surface area contributed by atoms with E-state index in [0.29, 0.717) is 0 Å². The lowest BCUT2D eigenvalue weighted by molar-refractivity contribution is -0.140. The summed E-state index contributed by atoms with van der Waals surface area (Å²) >= 11 is 0. The highest BCUT2D eigenvalue weighted by molar-refractivity contribution is 5.73. The van der Waals surface area contributed by atoms with E-state index in [2.05, 4.69) is 10.1 Å². The van der Waals surface area contributed by atoms with Crippen LogP contribution in [0.2, 0.25) is 0 Å². The van der Waals surface area contributed by atoms with Crippen LogP contribution in [0.15, 0.2) is 6.07 Å². The van der Waals surface area contributed by atoms with Crippen LogP contribution in [-0.2, 0) is 4.79 Å². The summed E-state index contributed by atoms with van der Waals surface area (Å²) in [6.07, 6.45) is 0. The highest BCUT2D eigenvalue weighted by Crippen LogP contribution is 2.26. The van der Waals surface area contributed by atoms with Gasteiger partial charge >= 0.3 is 5.97 Å². The molecule has 4 nitrogen and oxygen atoms in total. The fourth-order valence-corrected chi connectivity index (χ4v) is 1.12. The molecule has 1 unspecified atom stereocenters. The molecule has 0 fully saturated rings. The number of ether oxygens (including phenoxy) is 1. The molecular weight excluding hydrogens is 258 g/mol. The molecule has 0 radical (unpaired) electrons. The van der Waals surface area contributed by atoms with Crippen LogP contribution in [0.5, 0.6) is 5.75 Å². The molecule has 0 aromatic heterocycles. The Kier molecular flexibility index (Phi) is 4.49. The van der Waals surface area contributed by atoms with E-state index in [1.165, 1.54) is 7.05 Å². The van der Waals surface area contributed by atoms with E-state index in [4.69, 9.17) is 5.11 Å². The zero-order valence-electron chi connectivity index (χ0n) is 9.14. The highest BCUT2D eigenvalue weighted by atomic mass is 19.2. The van der Waals surface area contributed by atoms with Crippen LogP contribution >= 0.6 is 0 Å². The minimum Gasteiger partial charge on any atom is -0.485 e. The molecule has 0 aliphatic rings. The maximum absolute atomic E-state index is 13.1. The van der Waals surface area contributed by atoms with Gasteiger partial charge in [-0.25, -0.2) is 8.78 Å². The Labute approximate surface area is 99.2 Å². The third kappa shape index (κ3) is 2.89. The average Bonchev–Trinajstić information content (AvgIpc) is 2.31. The van der Waals surface area contributed by atoms with Crippen molar-refractivity contribution in [1.29, 1.82) is 0 Å². The molecule has 0 aliphatic heterocycles. The molecule has 8 heteroatoms. The molecule has 0 bridgehead atoms. The second-order valence-corrected chi connectivity index (χ2v) is 3.29. The van der Waals surface area contributed by atoms with E-state index < -0.39 is 47.6 Å². The molecular formula is C10H9F4NO3. The van der Waals surface area contributed by atoms with Crippen molar-refractivity contribution in [2.45, 2.75) is 6.04 Å². The van der Waals surface area contributed by atoms with Crippen LogP contribution in [-0.4, -0.2) is 30.8 Å². The van der Waals surface area contributed by atoms with Crippen molar-refractivity contribution in [2.24, 2.45) is 0 Å². The quantitative estimate of drug-likeness (QED) is 0.623. The number of aliphatic carboxylic acids is 1. The Morgan fingerprint density at radius 1 is 1.33 bits per heavy atom. The molecule has 0 saturated heterocycles. The average molecular weight is 267 g/mol. The number of likely N-dealkylation sites (N-methyl/N-ethyl adjacent to an activating group) is 1. The predicted octanol–water partition coefficient (Wildman–Crippen LogP) is 1.29. The third-order valence-electron chi connectivity index (χ3n) is 2.11. The molecule has 1 atom stereocenters. The zero-order valence-corrected chi connectivity index (χ0v) is 9.14. The molecule has 0 aliphatic carbocycles. The number of carboxylic acid groups (broad SMARTS) is 1. The molecule has 1 aromatic carbocycles. The number of hydrogen-bond acceptors (Lipinski definition) is 3. The second kappa shape index (κ2) is 5.67. The number of carboxylic acids is 1. The number of hydrogen-bond donors (Lipinski definition) is 2. The number of benzene rings is 1. The fraction of sp³-hybridized carbons (Fsp3) is 0.300. The molecule has 0 spiro atoms. The summed E-state index contributed by atoms with van der Waals surface area (Å²) in [7, 11) is 1.28. The van der Waals surface area contributed by atoms with Gasteiger partial charge in [-0.3, -0.25) is 4.79 Å². The van der Waals surface area contributed by atoms with E-state index in [1.54, 1.807) is 0 Å². The topological polar surface area (TPSA) is 58.6 Å². The number of carbonyl (C=O) groups is 1. The normalized spacial score (nSPS) is 12.3. The van der Waals surface area contributed by atoms with Gasteiger partial charge < -0.3 is 15.2 Å². The Morgan fingerprint density at radius 2 is 1.83 bits per heavy atom. The van der Waals surface area contributed by atoms with Gasteiger partial charge in [-0.15, -0.1) is 0 Å². The second-order valence-electron chi connectivity index (χ2n) is 3.29. The van der Waals surface area contributed by atoms with Crippen LogP contribution in [0.4, 0.5) is 17.6 Å². The van der Waals surface area contributed by atoms with Crippen molar-refractivity contribution in [3.8, 4) is 5.75 Å². The third-order valence-corrected chi connectivity index (χ3v) is 2.11.